The molecule has 0 saturated heterocycles. The molecule has 2 amide bonds. The lowest BCUT2D eigenvalue weighted by atomic mass is 10.3. The molecular formula is C17H20FN5O2S. The van der Waals surface area contributed by atoms with Crippen molar-refractivity contribution in [1.82, 2.24) is 14.8 Å². The number of halogens is 1. The minimum Gasteiger partial charge on any atom is -0.370 e. The van der Waals surface area contributed by atoms with Crippen molar-refractivity contribution in [3.8, 4) is 0 Å². The first-order valence-corrected chi connectivity index (χ1v) is 9.26. The van der Waals surface area contributed by atoms with Gasteiger partial charge in [-0.2, -0.15) is 0 Å². The van der Waals surface area contributed by atoms with E-state index in [4.69, 9.17) is 5.73 Å². The van der Waals surface area contributed by atoms with Gasteiger partial charge in [-0.25, -0.2) is 4.39 Å². The van der Waals surface area contributed by atoms with Crippen molar-refractivity contribution in [2.75, 3.05) is 5.32 Å². The van der Waals surface area contributed by atoms with Crippen molar-refractivity contribution < 1.29 is 14.0 Å². The monoisotopic (exact) mass is 377 g/mol. The first-order chi connectivity index (χ1) is 12.4. The van der Waals surface area contributed by atoms with Gasteiger partial charge in [-0.1, -0.05) is 17.8 Å². The summed E-state index contributed by atoms with van der Waals surface area (Å²) in [4.78, 5) is 23.5. The van der Waals surface area contributed by atoms with Crippen LogP contribution in [0.5, 0.6) is 0 Å². The van der Waals surface area contributed by atoms with E-state index in [1.807, 2.05) is 4.57 Å². The van der Waals surface area contributed by atoms with Crippen LogP contribution in [0.4, 0.5) is 10.1 Å². The Balaban J connectivity index is 1.68. The average Bonchev–Trinajstić information content (AvgIpc) is 3.35. The number of nitrogens with one attached hydrogen (secondary N) is 1. The lowest BCUT2D eigenvalue weighted by molar-refractivity contribution is -0.118. The van der Waals surface area contributed by atoms with Crippen molar-refractivity contribution in [3.05, 3.63) is 35.9 Å². The first kappa shape index (κ1) is 18.4. The molecule has 1 saturated carbocycles. The van der Waals surface area contributed by atoms with Gasteiger partial charge in [0.1, 0.15) is 11.6 Å². The number of amides is 2. The third-order valence-corrected chi connectivity index (χ3v) is 5.09. The number of nitrogens with two attached hydrogens (primary N) is 1. The molecule has 0 bridgehead atoms. The zero-order valence-corrected chi connectivity index (χ0v) is 15.1. The standard InChI is InChI=1S/C17H20FN5O2S/c1-10(16(25)20-13-4-2-3-12(18)9-13)26-17-22-21-15(11-5-6-11)23(17)8-7-14(19)24/h2-4,9-11H,5-8H2,1H3,(H2,19,24)(H,20,25). The number of thioether (sulfide) groups is 1. The van der Waals surface area contributed by atoms with E-state index in [-0.39, 0.29) is 12.3 Å². The number of carbonyl (C=O) groups excluding carboxylic acids is 2. The largest absolute Gasteiger partial charge is 0.370 e. The van der Waals surface area contributed by atoms with E-state index in [0.29, 0.717) is 23.3 Å². The van der Waals surface area contributed by atoms with Crippen LogP contribution in [0.15, 0.2) is 29.4 Å². The van der Waals surface area contributed by atoms with Crippen LogP contribution >= 0.6 is 11.8 Å². The van der Waals surface area contributed by atoms with E-state index in [9.17, 15) is 14.0 Å². The molecule has 138 valence electrons. The van der Waals surface area contributed by atoms with Crippen LogP contribution in [0.1, 0.15) is 37.9 Å². The normalized spacial score (nSPS) is 14.8. The summed E-state index contributed by atoms with van der Waals surface area (Å²) in [5.41, 5.74) is 5.65. The second-order valence-corrected chi connectivity index (χ2v) is 7.55. The summed E-state index contributed by atoms with van der Waals surface area (Å²) in [7, 11) is 0. The Bertz CT molecular complexity index is 821. The number of primary amides is 1. The number of aromatic nitrogens is 3. The van der Waals surface area contributed by atoms with Gasteiger partial charge in [0.05, 0.1) is 5.25 Å². The van der Waals surface area contributed by atoms with Crippen LogP contribution in [0.3, 0.4) is 0 Å². The van der Waals surface area contributed by atoms with Crippen LogP contribution < -0.4 is 11.1 Å². The maximum absolute atomic E-state index is 13.2. The lowest BCUT2D eigenvalue weighted by Crippen LogP contribution is -2.23. The van der Waals surface area contributed by atoms with Crippen LogP contribution in [-0.4, -0.2) is 31.8 Å². The number of nitrogens with zero attached hydrogens (tertiary/aromatic N) is 3. The predicted molar refractivity (Wildman–Crippen MR) is 96.2 cm³/mol. The molecule has 2 aromatic rings. The van der Waals surface area contributed by atoms with E-state index in [2.05, 4.69) is 15.5 Å². The minimum atomic E-state index is -0.471. The van der Waals surface area contributed by atoms with Crippen molar-refractivity contribution in [3.63, 3.8) is 0 Å². The Hall–Kier alpha value is -2.42. The highest BCUT2D eigenvalue weighted by molar-refractivity contribution is 8.00. The molecule has 1 fully saturated rings. The molecule has 1 heterocycles. The van der Waals surface area contributed by atoms with Gasteiger partial charge in [-0.15, -0.1) is 10.2 Å². The molecule has 1 aromatic carbocycles. The molecule has 3 N–H and O–H groups in total. The summed E-state index contributed by atoms with van der Waals surface area (Å²) < 4.78 is 15.1. The Morgan fingerprint density at radius 2 is 2.19 bits per heavy atom. The van der Waals surface area contributed by atoms with Gasteiger partial charge in [0.2, 0.25) is 11.8 Å². The molecule has 9 heteroatoms. The highest BCUT2D eigenvalue weighted by atomic mass is 32.2. The second-order valence-electron chi connectivity index (χ2n) is 6.24. The van der Waals surface area contributed by atoms with Gasteiger partial charge in [0.15, 0.2) is 5.16 Å². The Kier molecular flexibility index (Phi) is 5.55. The SMILES string of the molecule is CC(Sc1nnc(C2CC2)n1CCC(N)=O)C(=O)Nc1cccc(F)c1. The smallest absolute Gasteiger partial charge is 0.237 e. The van der Waals surface area contributed by atoms with Crippen molar-refractivity contribution >= 4 is 29.3 Å². The summed E-state index contributed by atoms with van der Waals surface area (Å²) >= 11 is 1.25. The summed E-state index contributed by atoms with van der Waals surface area (Å²) in [5, 5.41) is 11.2. The number of hydrogen-bond acceptors (Lipinski definition) is 5. The molecule has 1 unspecified atom stereocenters. The van der Waals surface area contributed by atoms with E-state index in [1.54, 1.807) is 13.0 Å². The molecule has 7 nitrogen and oxygen atoms in total. The number of carbonyl (C=O) groups is 2. The molecular weight excluding hydrogens is 357 g/mol. The number of rotatable bonds is 8. The molecule has 3 rings (SSSR count). The molecule has 0 aliphatic heterocycles. The molecule has 1 aliphatic carbocycles. The molecule has 26 heavy (non-hydrogen) atoms. The Labute approximate surface area is 154 Å². The van der Waals surface area contributed by atoms with Crippen LogP contribution in [-0.2, 0) is 16.1 Å². The van der Waals surface area contributed by atoms with Crippen LogP contribution in [0.2, 0.25) is 0 Å². The predicted octanol–water partition coefficient (Wildman–Crippen LogP) is 2.29. The molecule has 1 aromatic heterocycles. The summed E-state index contributed by atoms with van der Waals surface area (Å²) in [6.45, 7) is 2.14. The topological polar surface area (TPSA) is 103 Å². The third-order valence-electron chi connectivity index (χ3n) is 4.01. The van der Waals surface area contributed by atoms with Gasteiger partial charge in [-0.05, 0) is 38.0 Å². The van der Waals surface area contributed by atoms with Crippen molar-refractivity contribution in [1.29, 1.82) is 0 Å². The maximum Gasteiger partial charge on any atom is 0.237 e. The minimum absolute atomic E-state index is 0.190. The molecule has 1 atom stereocenters. The lowest BCUT2D eigenvalue weighted by Gasteiger charge is -2.13. The average molecular weight is 377 g/mol. The van der Waals surface area contributed by atoms with Gasteiger partial charge in [0.25, 0.3) is 0 Å². The maximum atomic E-state index is 13.2. The van der Waals surface area contributed by atoms with Gasteiger partial charge in [-0.3, -0.25) is 9.59 Å². The molecule has 0 spiro atoms. The van der Waals surface area contributed by atoms with E-state index >= 15 is 0 Å². The third kappa shape index (κ3) is 4.60. The van der Waals surface area contributed by atoms with Gasteiger partial charge >= 0.3 is 0 Å². The van der Waals surface area contributed by atoms with E-state index in [1.165, 1.54) is 30.0 Å². The molecule has 1 aliphatic rings. The fourth-order valence-electron chi connectivity index (χ4n) is 2.48. The highest BCUT2D eigenvalue weighted by Gasteiger charge is 2.31. The van der Waals surface area contributed by atoms with Crippen molar-refractivity contribution in [2.24, 2.45) is 5.73 Å². The quantitative estimate of drug-likeness (QED) is 0.687. The number of anilines is 1. The zero-order chi connectivity index (χ0) is 18.7. The second kappa shape index (κ2) is 7.86. The number of hydrogen-bond donors (Lipinski definition) is 2. The summed E-state index contributed by atoms with van der Waals surface area (Å²) in [5.74, 6) is 0.127. The first-order valence-electron chi connectivity index (χ1n) is 8.38. The number of benzene rings is 1. The van der Waals surface area contributed by atoms with Gasteiger partial charge in [0, 0.05) is 24.6 Å². The Morgan fingerprint density at radius 1 is 1.42 bits per heavy atom. The van der Waals surface area contributed by atoms with Crippen LogP contribution in [0, 0.1) is 5.82 Å². The van der Waals surface area contributed by atoms with Crippen LogP contribution in [0.25, 0.3) is 0 Å². The van der Waals surface area contributed by atoms with E-state index in [0.717, 1.165) is 18.7 Å². The fraction of sp³-hybridized carbons (Fsp3) is 0.412. The zero-order valence-electron chi connectivity index (χ0n) is 14.3. The summed E-state index contributed by atoms with van der Waals surface area (Å²) in [6.07, 6.45) is 2.29. The highest BCUT2D eigenvalue weighted by Crippen LogP contribution is 2.40. The Morgan fingerprint density at radius 3 is 2.85 bits per heavy atom. The molecule has 0 radical (unpaired) electrons. The summed E-state index contributed by atoms with van der Waals surface area (Å²) in [6, 6.07) is 5.73. The fourth-order valence-corrected chi connectivity index (χ4v) is 3.37. The van der Waals surface area contributed by atoms with Crippen molar-refractivity contribution in [2.45, 2.75) is 49.1 Å². The van der Waals surface area contributed by atoms with Gasteiger partial charge < -0.3 is 15.6 Å². The van der Waals surface area contributed by atoms with E-state index < -0.39 is 17.0 Å².